The molecule has 0 atom stereocenters. The molecule has 1 aliphatic rings. The summed E-state index contributed by atoms with van der Waals surface area (Å²) in [7, 11) is 1.71. The van der Waals surface area contributed by atoms with E-state index in [4.69, 9.17) is 5.84 Å². The van der Waals surface area contributed by atoms with Crippen LogP contribution < -0.4 is 11.3 Å². The lowest BCUT2D eigenvalue weighted by atomic mass is 10.3. The van der Waals surface area contributed by atoms with E-state index in [2.05, 4.69) is 15.4 Å². The third-order valence-electron chi connectivity index (χ3n) is 2.76. The van der Waals surface area contributed by atoms with E-state index in [0.29, 0.717) is 18.9 Å². The highest BCUT2D eigenvalue weighted by atomic mass is 16.2. The highest BCUT2D eigenvalue weighted by Gasteiger charge is 2.26. The molecule has 8 nitrogen and oxygen atoms in total. The first-order chi connectivity index (χ1) is 8.61. The summed E-state index contributed by atoms with van der Waals surface area (Å²) in [5, 5.41) is 0. The SMILES string of the molecule is CN1CCN(C(=O)c2cnc(NN)cn2)CC1=O. The van der Waals surface area contributed by atoms with E-state index in [-0.39, 0.29) is 24.1 Å². The van der Waals surface area contributed by atoms with Crippen LogP contribution in [0.4, 0.5) is 5.82 Å². The number of anilines is 1. The summed E-state index contributed by atoms with van der Waals surface area (Å²) >= 11 is 0. The topological polar surface area (TPSA) is 104 Å². The van der Waals surface area contributed by atoms with Gasteiger partial charge in [-0.15, -0.1) is 0 Å². The molecule has 3 N–H and O–H groups in total. The van der Waals surface area contributed by atoms with E-state index in [1.54, 1.807) is 11.9 Å². The smallest absolute Gasteiger partial charge is 0.274 e. The fraction of sp³-hybridized carbons (Fsp3) is 0.400. The Labute approximate surface area is 104 Å². The quantitative estimate of drug-likeness (QED) is 0.498. The van der Waals surface area contributed by atoms with Crippen LogP contribution in [0.1, 0.15) is 10.5 Å². The van der Waals surface area contributed by atoms with Crippen LogP contribution in [0, 0.1) is 0 Å². The molecule has 1 saturated heterocycles. The van der Waals surface area contributed by atoms with Crippen molar-refractivity contribution in [3.8, 4) is 0 Å². The Morgan fingerprint density at radius 1 is 1.39 bits per heavy atom. The highest BCUT2D eigenvalue weighted by molar-refractivity contribution is 5.95. The average Bonchev–Trinajstić information content (AvgIpc) is 2.41. The maximum Gasteiger partial charge on any atom is 0.274 e. The molecule has 2 rings (SSSR count). The number of nitrogen functional groups attached to an aromatic ring is 1. The summed E-state index contributed by atoms with van der Waals surface area (Å²) in [6, 6.07) is 0. The van der Waals surface area contributed by atoms with E-state index in [0.717, 1.165) is 0 Å². The predicted molar refractivity (Wildman–Crippen MR) is 63.4 cm³/mol. The van der Waals surface area contributed by atoms with Gasteiger partial charge in [-0.25, -0.2) is 15.8 Å². The van der Waals surface area contributed by atoms with Gasteiger partial charge in [-0.05, 0) is 0 Å². The van der Waals surface area contributed by atoms with E-state index >= 15 is 0 Å². The van der Waals surface area contributed by atoms with Gasteiger partial charge in [0.15, 0.2) is 5.82 Å². The van der Waals surface area contributed by atoms with Crippen LogP contribution in [0.3, 0.4) is 0 Å². The molecule has 0 spiro atoms. The molecule has 0 bridgehead atoms. The van der Waals surface area contributed by atoms with Crippen LogP contribution >= 0.6 is 0 Å². The van der Waals surface area contributed by atoms with Crippen molar-refractivity contribution >= 4 is 17.6 Å². The first-order valence-electron chi connectivity index (χ1n) is 5.43. The summed E-state index contributed by atoms with van der Waals surface area (Å²) in [4.78, 5) is 34.5. The van der Waals surface area contributed by atoms with E-state index < -0.39 is 0 Å². The molecule has 0 unspecified atom stereocenters. The summed E-state index contributed by atoms with van der Waals surface area (Å²) in [6.07, 6.45) is 2.70. The number of hydrazine groups is 1. The fourth-order valence-electron chi connectivity index (χ4n) is 1.61. The van der Waals surface area contributed by atoms with Gasteiger partial charge in [0.25, 0.3) is 5.91 Å². The van der Waals surface area contributed by atoms with Gasteiger partial charge in [-0.2, -0.15) is 0 Å². The molecule has 1 aromatic rings. The number of piperazine rings is 1. The van der Waals surface area contributed by atoms with Gasteiger partial charge in [0, 0.05) is 20.1 Å². The lowest BCUT2D eigenvalue weighted by Crippen LogP contribution is -2.50. The Balaban J connectivity index is 2.08. The number of aromatic nitrogens is 2. The monoisotopic (exact) mass is 250 g/mol. The Kier molecular flexibility index (Phi) is 3.38. The summed E-state index contributed by atoms with van der Waals surface area (Å²) in [5.74, 6) is 5.15. The van der Waals surface area contributed by atoms with Crippen molar-refractivity contribution in [3.63, 3.8) is 0 Å². The minimum absolute atomic E-state index is 0.0773. The van der Waals surface area contributed by atoms with Crippen molar-refractivity contribution in [2.75, 3.05) is 32.1 Å². The first kappa shape index (κ1) is 12.2. The molecule has 0 aliphatic carbocycles. The minimum atomic E-state index is -0.299. The number of hydrogen-bond acceptors (Lipinski definition) is 6. The van der Waals surface area contributed by atoms with E-state index in [1.165, 1.54) is 17.3 Å². The highest BCUT2D eigenvalue weighted by Crippen LogP contribution is 2.07. The molecule has 2 heterocycles. The molecule has 96 valence electrons. The average molecular weight is 250 g/mol. The Bertz CT molecular complexity index is 460. The second-order valence-electron chi connectivity index (χ2n) is 3.97. The number of amides is 2. The van der Waals surface area contributed by atoms with Gasteiger partial charge in [0.1, 0.15) is 12.2 Å². The van der Waals surface area contributed by atoms with Gasteiger partial charge in [-0.1, -0.05) is 0 Å². The number of rotatable bonds is 2. The second kappa shape index (κ2) is 4.96. The van der Waals surface area contributed by atoms with Crippen LogP contribution in [0.5, 0.6) is 0 Å². The molecule has 8 heteroatoms. The van der Waals surface area contributed by atoms with Crippen molar-refractivity contribution in [1.82, 2.24) is 19.8 Å². The zero-order valence-corrected chi connectivity index (χ0v) is 9.96. The van der Waals surface area contributed by atoms with Gasteiger partial charge in [0.05, 0.1) is 12.4 Å². The molecule has 0 saturated carbocycles. The van der Waals surface area contributed by atoms with Crippen molar-refractivity contribution in [2.45, 2.75) is 0 Å². The van der Waals surface area contributed by atoms with Crippen LogP contribution in [-0.2, 0) is 4.79 Å². The van der Waals surface area contributed by atoms with E-state index in [1.807, 2.05) is 0 Å². The largest absolute Gasteiger partial charge is 0.342 e. The zero-order chi connectivity index (χ0) is 13.1. The summed E-state index contributed by atoms with van der Waals surface area (Å²) in [6.45, 7) is 1.11. The van der Waals surface area contributed by atoms with Gasteiger partial charge >= 0.3 is 0 Å². The van der Waals surface area contributed by atoms with Gasteiger partial charge in [0.2, 0.25) is 5.91 Å². The summed E-state index contributed by atoms with van der Waals surface area (Å²) in [5.41, 5.74) is 2.53. The number of carbonyl (C=O) groups excluding carboxylic acids is 2. The van der Waals surface area contributed by atoms with E-state index in [9.17, 15) is 9.59 Å². The summed E-state index contributed by atoms with van der Waals surface area (Å²) < 4.78 is 0. The Morgan fingerprint density at radius 2 is 2.17 bits per heavy atom. The molecule has 1 aromatic heterocycles. The Morgan fingerprint density at radius 3 is 2.72 bits per heavy atom. The van der Waals surface area contributed by atoms with Crippen LogP contribution in [0.2, 0.25) is 0 Å². The molecule has 1 aliphatic heterocycles. The lowest BCUT2D eigenvalue weighted by Gasteiger charge is -2.31. The van der Waals surface area contributed by atoms with Gasteiger partial charge in [-0.3, -0.25) is 9.59 Å². The maximum absolute atomic E-state index is 12.1. The molecular weight excluding hydrogens is 236 g/mol. The molecule has 2 amide bonds. The second-order valence-corrected chi connectivity index (χ2v) is 3.97. The number of carbonyl (C=O) groups is 2. The van der Waals surface area contributed by atoms with Crippen LogP contribution in [0.15, 0.2) is 12.4 Å². The minimum Gasteiger partial charge on any atom is -0.342 e. The maximum atomic E-state index is 12.1. The molecule has 1 fully saturated rings. The zero-order valence-electron chi connectivity index (χ0n) is 9.96. The van der Waals surface area contributed by atoms with Crippen LogP contribution in [-0.4, -0.2) is 58.3 Å². The van der Waals surface area contributed by atoms with Crippen molar-refractivity contribution in [3.05, 3.63) is 18.1 Å². The number of nitrogens with two attached hydrogens (primary N) is 1. The number of nitrogens with zero attached hydrogens (tertiary/aromatic N) is 4. The van der Waals surface area contributed by atoms with Crippen molar-refractivity contribution < 1.29 is 9.59 Å². The van der Waals surface area contributed by atoms with Crippen LogP contribution in [0.25, 0.3) is 0 Å². The number of hydrogen-bond donors (Lipinski definition) is 2. The molecule has 0 aromatic carbocycles. The number of nitrogens with one attached hydrogen (secondary N) is 1. The standard InChI is InChI=1S/C10H14N6O2/c1-15-2-3-16(6-9(15)17)10(18)7-4-13-8(14-11)5-12-7/h4-5H,2-3,6,11H2,1H3,(H,13,14). The van der Waals surface area contributed by atoms with Crippen molar-refractivity contribution in [1.29, 1.82) is 0 Å². The third kappa shape index (κ3) is 2.38. The lowest BCUT2D eigenvalue weighted by molar-refractivity contribution is -0.133. The predicted octanol–water partition coefficient (Wildman–Crippen LogP) is -1.32. The molecule has 0 radical (unpaired) electrons. The Hall–Kier alpha value is -2.22. The molecular formula is C10H14N6O2. The molecule has 18 heavy (non-hydrogen) atoms. The fourth-order valence-corrected chi connectivity index (χ4v) is 1.61. The first-order valence-corrected chi connectivity index (χ1v) is 5.43. The van der Waals surface area contributed by atoms with Gasteiger partial charge < -0.3 is 15.2 Å². The van der Waals surface area contributed by atoms with Crippen molar-refractivity contribution in [2.24, 2.45) is 5.84 Å². The third-order valence-corrected chi connectivity index (χ3v) is 2.76. The normalized spacial score (nSPS) is 15.8. The number of likely N-dealkylation sites (N-methyl/N-ethyl adjacent to an activating group) is 1.